The molecular formula is C23H28N7O7S2+. The number of hydrogen-bond donors (Lipinski definition) is 5. The van der Waals surface area contributed by atoms with E-state index in [2.05, 4.69) is 20.4 Å². The number of aliphatic carboxylic acids is 1. The number of H-pyrrole nitrogens is 1. The minimum Gasteiger partial charge on any atom is -0.503 e. The molecule has 39 heavy (non-hydrogen) atoms. The molecule has 0 aromatic carbocycles. The van der Waals surface area contributed by atoms with Crippen molar-refractivity contribution in [3.63, 3.8) is 0 Å². The number of fused-ring (bicyclic) bond motifs is 1. The van der Waals surface area contributed by atoms with Crippen LogP contribution in [0.15, 0.2) is 38.9 Å². The SMILES string of the molecule is CO/N=C(\C(=O)N[C@@H]1C(=O)N2C(C(=O)O)=C(C[N+](C)(C)CCc3cc(=O)c(O)c[nH]3)CS[C@H]12)c1csc(N)n1. The van der Waals surface area contributed by atoms with E-state index in [0.717, 1.165) is 11.3 Å². The predicted octanol–water partition coefficient (Wildman–Crippen LogP) is -0.473. The van der Waals surface area contributed by atoms with Crippen LogP contribution in [0.25, 0.3) is 0 Å². The van der Waals surface area contributed by atoms with E-state index in [-0.39, 0.29) is 28.0 Å². The van der Waals surface area contributed by atoms with Crippen LogP contribution in [-0.2, 0) is 25.6 Å². The summed E-state index contributed by atoms with van der Waals surface area (Å²) in [6.45, 7) is 0.904. The second-order valence-electron chi connectivity index (χ2n) is 9.59. The number of quaternary nitrogens is 1. The highest BCUT2D eigenvalue weighted by molar-refractivity contribution is 8.00. The largest absolute Gasteiger partial charge is 0.503 e. The summed E-state index contributed by atoms with van der Waals surface area (Å²) in [5.41, 5.74) is 6.36. The van der Waals surface area contributed by atoms with E-state index in [1.807, 2.05) is 14.1 Å². The number of aromatic nitrogens is 2. The molecule has 2 atom stereocenters. The van der Waals surface area contributed by atoms with Gasteiger partial charge in [0.25, 0.3) is 11.8 Å². The number of carboxylic acids is 1. The maximum absolute atomic E-state index is 13.1. The normalized spacial score (nSPS) is 19.4. The van der Waals surface area contributed by atoms with Crippen molar-refractivity contribution in [2.24, 2.45) is 5.16 Å². The van der Waals surface area contributed by atoms with Crippen LogP contribution in [0.1, 0.15) is 11.4 Å². The summed E-state index contributed by atoms with van der Waals surface area (Å²) in [5.74, 6) is -2.48. The van der Waals surface area contributed by atoms with Gasteiger partial charge >= 0.3 is 5.97 Å². The summed E-state index contributed by atoms with van der Waals surface area (Å²) in [6.07, 6.45) is 1.72. The van der Waals surface area contributed by atoms with Gasteiger partial charge in [-0.1, -0.05) is 5.16 Å². The number of nitrogens with zero attached hydrogens (tertiary/aromatic N) is 4. The van der Waals surface area contributed by atoms with Gasteiger partial charge in [-0.25, -0.2) is 9.78 Å². The third-order valence-electron chi connectivity index (χ3n) is 6.26. The molecule has 2 aliphatic heterocycles. The highest BCUT2D eigenvalue weighted by atomic mass is 32.2. The first-order chi connectivity index (χ1) is 18.4. The van der Waals surface area contributed by atoms with Crippen molar-refractivity contribution in [3.8, 4) is 5.75 Å². The van der Waals surface area contributed by atoms with Crippen molar-refractivity contribution < 1.29 is 33.9 Å². The summed E-state index contributed by atoms with van der Waals surface area (Å²) < 4.78 is 0.385. The average Bonchev–Trinajstić information content (AvgIpc) is 3.31. The Bertz CT molecular complexity index is 1430. The number of amides is 2. The van der Waals surface area contributed by atoms with Crippen LogP contribution in [0, 0.1) is 0 Å². The number of nitrogens with one attached hydrogen (secondary N) is 2. The van der Waals surface area contributed by atoms with Gasteiger partial charge in [0.2, 0.25) is 5.43 Å². The van der Waals surface area contributed by atoms with Gasteiger partial charge in [-0.3, -0.25) is 19.3 Å². The first-order valence-electron chi connectivity index (χ1n) is 11.7. The minimum absolute atomic E-state index is 0.0865. The number of aromatic amines is 1. The number of rotatable bonds is 10. The summed E-state index contributed by atoms with van der Waals surface area (Å²) in [4.78, 5) is 62.9. The number of carbonyl (C=O) groups excluding carboxylic acids is 2. The third-order valence-corrected chi connectivity index (χ3v) is 8.27. The number of thioether (sulfide) groups is 1. The molecule has 4 rings (SSSR count). The molecule has 16 heteroatoms. The number of aromatic hydroxyl groups is 1. The maximum atomic E-state index is 13.1. The lowest BCUT2D eigenvalue weighted by Crippen LogP contribution is -2.71. The van der Waals surface area contributed by atoms with Crippen molar-refractivity contribution in [3.05, 3.63) is 50.5 Å². The second kappa shape index (κ2) is 11.1. The Kier molecular flexibility index (Phi) is 7.99. The predicted molar refractivity (Wildman–Crippen MR) is 144 cm³/mol. The summed E-state index contributed by atoms with van der Waals surface area (Å²) in [7, 11) is 5.11. The van der Waals surface area contributed by atoms with Crippen LogP contribution in [-0.4, -0.2) is 105 Å². The lowest BCUT2D eigenvalue weighted by molar-refractivity contribution is -0.885. The molecule has 6 N–H and O–H groups in total. The molecule has 0 spiro atoms. The van der Waals surface area contributed by atoms with Crippen LogP contribution < -0.4 is 16.5 Å². The van der Waals surface area contributed by atoms with Gasteiger partial charge in [0, 0.05) is 41.1 Å². The molecule has 14 nitrogen and oxygen atoms in total. The zero-order chi connectivity index (χ0) is 28.5. The first-order valence-corrected chi connectivity index (χ1v) is 13.6. The fourth-order valence-corrected chi connectivity index (χ4v) is 6.26. The molecule has 4 heterocycles. The molecule has 2 aromatic heterocycles. The number of hydrogen-bond acceptors (Lipinski definition) is 11. The number of carboxylic acid groups (broad SMARTS) is 1. The zero-order valence-corrected chi connectivity index (χ0v) is 23.0. The number of likely N-dealkylation sites (N-methyl/N-ethyl adjacent to an activating group) is 1. The fraction of sp³-hybridized carbons (Fsp3) is 0.391. The third kappa shape index (κ3) is 5.91. The Balaban J connectivity index is 1.47. The molecule has 1 fully saturated rings. The molecular weight excluding hydrogens is 550 g/mol. The highest BCUT2D eigenvalue weighted by Crippen LogP contribution is 2.40. The van der Waals surface area contributed by atoms with Crippen molar-refractivity contribution in [2.45, 2.75) is 17.8 Å². The van der Waals surface area contributed by atoms with Crippen molar-refractivity contribution in [2.75, 3.05) is 45.8 Å². The van der Waals surface area contributed by atoms with E-state index in [1.54, 1.807) is 0 Å². The number of pyridine rings is 1. The van der Waals surface area contributed by atoms with Crippen molar-refractivity contribution in [1.82, 2.24) is 20.2 Å². The first kappa shape index (κ1) is 28.1. The molecule has 2 aliphatic rings. The number of nitrogen functional groups attached to an aromatic ring is 1. The molecule has 0 unspecified atom stereocenters. The fourth-order valence-electron chi connectivity index (χ4n) is 4.38. The highest BCUT2D eigenvalue weighted by Gasteiger charge is 2.55. The molecule has 0 bridgehead atoms. The van der Waals surface area contributed by atoms with Gasteiger partial charge in [-0.05, 0) is 0 Å². The quantitative estimate of drug-likeness (QED) is 0.106. The standard InChI is InChI=1S/C23H27N7O7S2/c1-30(2,5-4-12-6-14(31)15(32)7-25-12)8-11-9-38-21-17(20(34)29(21)18(11)22(35)36)27-19(33)16(28-37-3)13-10-39-23(24)26-13/h6-7,10,17,21H,4-5,8-9H2,1-3H3,(H5-,24,25,26,27,28,31,32,33,35,36)/p+1/t17-,21-/m1/s1. The van der Waals surface area contributed by atoms with Crippen LogP contribution >= 0.6 is 23.1 Å². The number of nitrogens with two attached hydrogens (primary N) is 1. The summed E-state index contributed by atoms with van der Waals surface area (Å²) in [5, 5.41) is 27.0. The van der Waals surface area contributed by atoms with Crippen LogP contribution in [0.4, 0.5) is 5.13 Å². The lowest BCUT2D eigenvalue weighted by Gasteiger charge is -2.49. The van der Waals surface area contributed by atoms with E-state index in [0.29, 0.717) is 41.0 Å². The minimum atomic E-state index is -1.23. The smallest absolute Gasteiger partial charge is 0.352 e. The molecule has 0 saturated carbocycles. The van der Waals surface area contributed by atoms with Crippen LogP contribution in [0.2, 0.25) is 0 Å². The summed E-state index contributed by atoms with van der Waals surface area (Å²) in [6, 6.07) is 0.378. The zero-order valence-electron chi connectivity index (χ0n) is 21.3. The molecule has 208 valence electrons. The molecule has 0 aliphatic carbocycles. The van der Waals surface area contributed by atoms with Gasteiger partial charge in [-0.15, -0.1) is 23.1 Å². The summed E-state index contributed by atoms with van der Waals surface area (Å²) >= 11 is 2.48. The second-order valence-corrected chi connectivity index (χ2v) is 11.6. The monoisotopic (exact) mass is 578 g/mol. The Labute approximate surface area is 230 Å². The van der Waals surface area contributed by atoms with Gasteiger partial charge < -0.3 is 35.6 Å². The maximum Gasteiger partial charge on any atom is 0.352 e. The number of anilines is 1. The molecule has 2 aromatic rings. The van der Waals surface area contributed by atoms with Gasteiger partial charge in [-0.2, -0.15) is 0 Å². The number of carbonyl (C=O) groups is 3. The van der Waals surface area contributed by atoms with Gasteiger partial charge in [0.05, 0.1) is 20.6 Å². The van der Waals surface area contributed by atoms with E-state index in [9.17, 15) is 29.4 Å². The van der Waals surface area contributed by atoms with E-state index >= 15 is 0 Å². The van der Waals surface area contributed by atoms with E-state index < -0.39 is 34.6 Å². The number of β-lactam (4-membered cyclic amide) rings is 1. The number of oxime groups is 1. The van der Waals surface area contributed by atoms with E-state index in [4.69, 9.17) is 10.6 Å². The lowest BCUT2D eigenvalue weighted by atomic mass is 10.0. The van der Waals surface area contributed by atoms with Gasteiger partial charge in [0.15, 0.2) is 16.6 Å². The Morgan fingerprint density at radius 1 is 1.38 bits per heavy atom. The Morgan fingerprint density at radius 3 is 2.74 bits per heavy atom. The van der Waals surface area contributed by atoms with Crippen LogP contribution in [0.3, 0.4) is 0 Å². The topological polar surface area (TPSA) is 200 Å². The van der Waals surface area contributed by atoms with Crippen molar-refractivity contribution in [1.29, 1.82) is 0 Å². The molecule has 1 saturated heterocycles. The average molecular weight is 579 g/mol. The van der Waals surface area contributed by atoms with Crippen molar-refractivity contribution >= 4 is 51.7 Å². The number of thiazole rings is 1. The van der Waals surface area contributed by atoms with Crippen LogP contribution in [0.5, 0.6) is 5.75 Å². The molecule has 2 amide bonds. The Hall–Kier alpha value is -3.89. The molecule has 0 radical (unpaired) electrons. The Morgan fingerprint density at radius 2 is 2.13 bits per heavy atom. The van der Waals surface area contributed by atoms with E-state index in [1.165, 1.54) is 41.4 Å². The van der Waals surface area contributed by atoms with Gasteiger partial charge in [0.1, 0.15) is 36.5 Å².